The molecule has 1 fully saturated rings. The predicted molar refractivity (Wildman–Crippen MR) is 78.5 cm³/mol. The Labute approximate surface area is 118 Å². The molecule has 1 atom stereocenters. The zero-order chi connectivity index (χ0) is 13.8. The summed E-state index contributed by atoms with van der Waals surface area (Å²) in [5.74, 6) is -0.142. The van der Waals surface area contributed by atoms with E-state index in [1.807, 2.05) is 6.92 Å². The van der Waals surface area contributed by atoms with Gasteiger partial charge in [0.1, 0.15) is 0 Å². The highest BCUT2D eigenvalue weighted by Gasteiger charge is 2.17. The Hall–Kier alpha value is -1.26. The second kappa shape index (κ2) is 6.26. The van der Waals surface area contributed by atoms with Gasteiger partial charge in [-0.3, -0.25) is 4.79 Å². The van der Waals surface area contributed by atoms with Crippen molar-refractivity contribution in [2.45, 2.75) is 25.8 Å². The Kier molecular flexibility index (Phi) is 4.66. The van der Waals surface area contributed by atoms with Crippen molar-refractivity contribution in [3.05, 3.63) is 28.8 Å². The van der Waals surface area contributed by atoms with E-state index >= 15 is 0 Å². The molecule has 19 heavy (non-hydrogen) atoms. The minimum Gasteiger partial charge on any atom is -0.399 e. The molecule has 0 saturated carbocycles. The summed E-state index contributed by atoms with van der Waals surface area (Å²) in [4.78, 5) is 14.5. The van der Waals surface area contributed by atoms with E-state index in [9.17, 15) is 4.79 Å². The van der Waals surface area contributed by atoms with Gasteiger partial charge in [0, 0.05) is 18.3 Å². The van der Waals surface area contributed by atoms with Gasteiger partial charge in [-0.2, -0.15) is 0 Å². The molecule has 0 spiro atoms. The van der Waals surface area contributed by atoms with Gasteiger partial charge in [-0.1, -0.05) is 11.6 Å². The third-order valence-electron chi connectivity index (χ3n) is 3.35. The number of nitrogen functional groups attached to an aromatic ring is 1. The summed E-state index contributed by atoms with van der Waals surface area (Å²) < 4.78 is 0. The molecular formula is C14H20ClN3O. The van der Waals surface area contributed by atoms with Crippen LogP contribution in [0.5, 0.6) is 0 Å². The van der Waals surface area contributed by atoms with E-state index < -0.39 is 0 Å². The van der Waals surface area contributed by atoms with Crippen molar-refractivity contribution in [2.24, 2.45) is 0 Å². The second-order valence-electron chi connectivity index (χ2n) is 5.12. The molecule has 1 unspecified atom stereocenters. The number of nitrogens with two attached hydrogens (primary N) is 1. The highest BCUT2D eigenvalue weighted by Crippen LogP contribution is 2.19. The van der Waals surface area contributed by atoms with Crippen LogP contribution in [-0.4, -0.2) is 36.5 Å². The number of amides is 1. The first kappa shape index (κ1) is 14.2. The number of hydrogen-bond donors (Lipinski definition) is 2. The molecule has 1 heterocycles. The van der Waals surface area contributed by atoms with Gasteiger partial charge in [0.15, 0.2) is 0 Å². The highest BCUT2D eigenvalue weighted by atomic mass is 35.5. The molecule has 0 bridgehead atoms. The Balaban J connectivity index is 1.92. The quantitative estimate of drug-likeness (QED) is 0.832. The summed E-state index contributed by atoms with van der Waals surface area (Å²) in [6, 6.07) is 5.06. The average molecular weight is 282 g/mol. The Morgan fingerprint density at radius 1 is 1.47 bits per heavy atom. The maximum Gasteiger partial charge on any atom is 0.253 e. The van der Waals surface area contributed by atoms with Gasteiger partial charge in [0.25, 0.3) is 5.91 Å². The van der Waals surface area contributed by atoms with Crippen LogP contribution in [-0.2, 0) is 0 Å². The standard InChI is InChI=1S/C14H20ClN3O/c1-10(9-18-6-2-3-7-18)17-14(19)12-5-4-11(16)8-13(12)15/h4-5,8,10H,2-3,6-7,9,16H2,1H3,(H,17,19). The fourth-order valence-electron chi connectivity index (χ4n) is 2.42. The molecule has 3 N–H and O–H groups in total. The van der Waals surface area contributed by atoms with E-state index in [1.54, 1.807) is 18.2 Å². The van der Waals surface area contributed by atoms with Crippen LogP contribution in [0.2, 0.25) is 5.02 Å². The SMILES string of the molecule is CC(CN1CCCC1)NC(=O)c1ccc(N)cc1Cl. The van der Waals surface area contributed by atoms with Gasteiger partial charge in [0.2, 0.25) is 0 Å². The lowest BCUT2D eigenvalue weighted by atomic mass is 10.2. The lowest BCUT2D eigenvalue weighted by Crippen LogP contribution is -2.41. The molecule has 1 amide bonds. The average Bonchev–Trinajstić information content (AvgIpc) is 2.81. The Bertz CT molecular complexity index is 458. The summed E-state index contributed by atoms with van der Waals surface area (Å²) >= 11 is 6.03. The van der Waals surface area contributed by atoms with Gasteiger partial charge in [-0.25, -0.2) is 0 Å². The number of rotatable bonds is 4. The molecular weight excluding hydrogens is 262 g/mol. The molecule has 104 valence electrons. The third-order valence-corrected chi connectivity index (χ3v) is 3.66. The van der Waals surface area contributed by atoms with Gasteiger partial charge in [-0.15, -0.1) is 0 Å². The van der Waals surface area contributed by atoms with Crippen LogP contribution in [0.3, 0.4) is 0 Å². The highest BCUT2D eigenvalue weighted by molar-refractivity contribution is 6.34. The van der Waals surface area contributed by atoms with Crippen LogP contribution in [0.4, 0.5) is 5.69 Å². The fraction of sp³-hybridized carbons (Fsp3) is 0.500. The van der Waals surface area contributed by atoms with Crippen molar-refractivity contribution in [3.63, 3.8) is 0 Å². The monoisotopic (exact) mass is 281 g/mol. The van der Waals surface area contributed by atoms with Gasteiger partial charge in [0.05, 0.1) is 10.6 Å². The van der Waals surface area contributed by atoms with Crippen molar-refractivity contribution in [1.29, 1.82) is 0 Å². The van der Waals surface area contributed by atoms with Gasteiger partial charge in [-0.05, 0) is 51.1 Å². The second-order valence-corrected chi connectivity index (χ2v) is 5.53. The van der Waals surface area contributed by atoms with Crippen LogP contribution in [0.15, 0.2) is 18.2 Å². The third kappa shape index (κ3) is 3.85. The Morgan fingerprint density at radius 3 is 2.79 bits per heavy atom. The maximum absolute atomic E-state index is 12.1. The van der Waals surface area contributed by atoms with E-state index in [4.69, 9.17) is 17.3 Å². The molecule has 1 aromatic rings. The fourth-order valence-corrected chi connectivity index (χ4v) is 2.69. The van der Waals surface area contributed by atoms with E-state index in [0.29, 0.717) is 16.3 Å². The molecule has 0 aromatic heterocycles. The first-order valence-electron chi connectivity index (χ1n) is 6.64. The molecule has 1 aromatic carbocycles. The zero-order valence-corrected chi connectivity index (χ0v) is 11.9. The molecule has 1 saturated heterocycles. The van der Waals surface area contributed by atoms with Gasteiger partial charge >= 0.3 is 0 Å². The number of nitrogens with zero attached hydrogens (tertiary/aromatic N) is 1. The molecule has 1 aliphatic rings. The number of benzene rings is 1. The van der Waals surface area contributed by atoms with E-state index in [0.717, 1.165) is 19.6 Å². The van der Waals surface area contributed by atoms with Crippen molar-refractivity contribution >= 4 is 23.2 Å². The van der Waals surface area contributed by atoms with E-state index in [-0.39, 0.29) is 11.9 Å². The summed E-state index contributed by atoms with van der Waals surface area (Å²) in [6.45, 7) is 5.16. The summed E-state index contributed by atoms with van der Waals surface area (Å²) in [6.07, 6.45) is 2.51. The van der Waals surface area contributed by atoms with Crippen LogP contribution in [0.1, 0.15) is 30.1 Å². The van der Waals surface area contributed by atoms with E-state index in [1.165, 1.54) is 12.8 Å². The maximum atomic E-state index is 12.1. The topological polar surface area (TPSA) is 58.4 Å². The molecule has 5 heteroatoms. The number of nitrogens with one attached hydrogen (secondary N) is 1. The summed E-state index contributed by atoms with van der Waals surface area (Å²) in [5, 5.41) is 3.37. The number of carbonyl (C=O) groups excluding carboxylic acids is 1. The zero-order valence-electron chi connectivity index (χ0n) is 11.2. The summed E-state index contributed by atoms with van der Waals surface area (Å²) in [7, 11) is 0. The van der Waals surface area contributed by atoms with Crippen LogP contribution in [0.25, 0.3) is 0 Å². The molecule has 1 aliphatic heterocycles. The first-order valence-corrected chi connectivity index (χ1v) is 7.02. The van der Waals surface area contributed by atoms with Crippen molar-refractivity contribution in [3.8, 4) is 0 Å². The molecule has 4 nitrogen and oxygen atoms in total. The Morgan fingerprint density at radius 2 is 2.16 bits per heavy atom. The van der Waals surface area contributed by atoms with Crippen molar-refractivity contribution in [2.75, 3.05) is 25.4 Å². The normalized spacial score (nSPS) is 17.4. The van der Waals surface area contributed by atoms with Crippen LogP contribution in [0, 0.1) is 0 Å². The first-order chi connectivity index (χ1) is 9.06. The molecule has 2 rings (SSSR count). The molecule has 0 radical (unpaired) electrons. The predicted octanol–water partition coefficient (Wildman–Crippen LogP) is 2.14. The smallest absolute Gasteiger partial charge is 0.253 e. The number of likely N-dealkylation sites (tertiary alicyclic amines) is 1. The number of carbonyl (C=O) groups is 1. The van der Waals surface area contributed by atoms with Crippen molar-refractivity contribution < 1.29 is 4.79 Å². The van der Waals surface area contributed by atoms with E-state index in [2.05, 4.69) is 10.2 Å². The van der Waals surface area contributed by atoms with Crippen molar-refractivity contribution in [1.82, 2.24) is 10.2 Å². The van der Waals surface area contributed by atoms with Crippen LogP contribution >= 0.6 is 11.6 Å². The summed E-state index contributed by atoms with van der Waals surface area (Å²) in [5.41, 5.74) is 6.65. The molecule has 0 aliphatic carbocycles. The number of anilines is 1. The lowest BCUT2D eigenvalue weighted by Gasteiger charge is -2.21. The van der Waals surface area contributed by atoms with Crippen LogP contribution < -0.4 is 11.1 Å². The lowest BCUT2D eigenvalue weighted by molar-refractivity contribution is 0.0932. The number of halogens is 1. The minimum atomic E-state index is -0.142. The minimum absolute atomic E-state index is 0.110. The number of hydrogen-bond acceptors (Lipinski definition) is 3. The largest absolute Gasteiger partial charge is 0.399 e. The van der Waals surface area contributed by atoms with Gasteiger partial charge < -0.3 is 16.0 Å².